The lowest BCUT2D eigenvalue weighted by molar-refractivity contribution is 0.0680. The van der Waals surface area contributed by atoms with Crippen LogP contribution in [-0.4, -0.2) is 17.2 Å². The molecule has 0 heterocycles. The molecule has 1 fully saturated rings. The second-order valence-corrected chi connectivity index (χ2v) is 3.47. The van der Waals surface area contributed by atoms with Crippen molar-refractivity contribution in [1.29, 1.82) is 0 Å². The van der Waals surface area contributed by atoms with Crippen molar-refractivity contribution in [3.63, 3.8) is 0 Å². The standard InChI is InChI=1S/C11H12O3.C2H6/c12-11(13)9-6-1-2-7-10(9)14-8-4-3-5-8;1-2/h1-2,6-8H,3-5H2,(H,12,13);1-2H3. The lowest BCUT2D eigenvalue weighted by atomic mass is 9.96. The molecule has 0 amide bonds. The van der Waals surface area contributed by atoms with Crippen molar-refractivity contribution < 1.29 is 14.6 Å². The summed E-state index contributed by atoms with van der Waals surface area (Å²) in [7, 11) is 0. The second kappa shape index (κ2) is 6.16. The Balaban J connectivity index is 0.000000606. The second-order valence-electron chi connectivity index (χ2n) is 3.47. The highest BCUT2D eigenvalue weighted by Crippen LogP contribution is 2.27. The molecule has 1 saturated carbocycles. The quantitative estimate of drug-likeness (QED) is 0.853. The third-order valence-corrected chi connectivity index (χ3v) is 2.46. The summed E-state index contributed by atoms with van der Waals surface area (Å²) in [5, 5.41) is 8.89. The van der Waals surface area contributed by atoms with Crippen molar-refractivity contribution in [1.82, 2.24) is 0 Å². The molecule has 0 aromatic heterocycles. The van der Waals surface area contributed by atoms with Crippen molar-refractivity contribution >= 4 is 5.97 Å². The van der Waals surface area contributed by atoms with E-state index >= 15 is 0 Å². The van der Waals surface area contributed by atoms with E-state index in [9.17, 15) is 4.79 Å². The molecule has 0 bridgehead atoms. The Hall–Kier alpha value is -1.51. The van der Waals surface area contributed by atoms with Gasteiger partial charge in [-0.05, 0) is 31.4 Å². The number of carboxylic acid groups (broad SMARTS) is 1. The van der Waals surface area contributed by atoms with Gasteiger partial charge in [0.1, 0.15) is 11.3 Å². The molecule has 1 aliphatic carbocycles. The number of benzene rings is 1. The lowest BCUT2D eigenvalue weighted by Gasteiger charge is -2.26. The maximum Gasteiger partial charge on any atom is 0.339 e. The zero-order chi connectivity index (χ0) is 12.0. The molecule has 3 nitrogen and oxygen atoms in total. The molecule has 0 saturated heterocycles. The highest BCUT2D eigenvalue weighted by Gasteiger charge is 2.21. The molecule has 2 rings (SSSR count). The largest absolute Gasteiger partial charge is 0.490 e. The number of carboxylic acids is 1. The molecule has 0 radical (unpaired) electrons. The van der Waals surface area contributed by atoms with Crippen LogP contribution in [0.2, 0.25) is 0 Å². The molecule has 0 atom stereocenters. The minimum absolute atomic E-state index is 0.218. The molecule has 88 valence electrons. The van der Waals surface area contributed by atoms with Gasteiger partial charge in [-0.25, -0.2) is 4.79 Å². The molecule has 3 heteroatoms. The molecule has 1 aromatic carbocycles. The van der Waals surface area contributed by atoms with Crippen LogP contribution in [0.4, 0.5) is 0 Å². The van der Waals surface area contributed by atoms with Gasteiger partial charge in [-0.3, -0.25) is 0 Å². The molecule has 0 spiro atoms. The van der Waals surface area contributed by atoms with Crippen LogP contribution in [0.3, 0.4) is 0 Å². The maximum absolute atomic E-state index is 10.8. The van der Waals surface area contributed by atoms with Crippen molar-refractivity contribution in [2.75, 3.05) is 0 Å². The van der Waals surface area contributed by atoms with Crippen LogP contribution in [0.5, 0.6) is 5.75 Å². The summed E-state index contributed by atoms with van der Waals surface area (Å²) in [6, 6.07) is 6.77. The minimum Gasteiger partial charge on any atom is -0.490 e. The van der Waals surface area contributed by atoms with Gasteiger partial charge in [-0.2, -0.15) is 0 Å². The van der Waals surface area contributed by atoms with E-state index in [-0.39, 0.29) is 11.7 Å². The summed E-state index contributed by atoms with van der Waals surface area (Å²) >= 11 is 0. The first kappa shape index (κ1) is 12.6. The summed E-state index contributed by atoms with van der Waals surface area (Å²) in [5.41, 5.74) is 0.249. The van der Waals surface area contributed by atoms with Crippen LogP contribution in [0, 0.1) is 0 Å². The van der Waals surface area contributed by atoms with Crippen LogP contribution in [-0.2, 0) is 0 Å². The molecule has 1 aromatic rings. The van der Waals surface area contributed by atoms with E-state index in [1.54, 1.807) is 24.3 Å². The number of ether oxygens (including phenoxy) is 1. The van der Waals surface area contributed by atoms with Gasteiger partial charge in [0.2, 0.25) is 0 Å². The highest BCUT2D eigenvalue weighted by atomic mass is 16.5. The Morgan fingerprint density at radius 1 is 1.31 bits per heavy atom. The van der Waals surface area contributed by atoms with Crippen LogP contribution in [0.25, 0.3) is 0 Å². The highest BCUT2D eigenvalue weighted by molar-refractivity contribution is 5.90. The predicted octanol–water partition coefficient (Wildman–Crippen LogP) is 3.34. The van der Waals surface area contributed by atoms with Gasteiger partial charge in [-0.15, -0.1) is 0 Å². The average Bonchev–Trinajstić information content (AvgIpc) is 2.27. The van der Waals surface area contributed by atoms with E-state index in [0.717, 1.165) is 12.8 Å². The first-order valence-electron chi connectivity index (χ1n) is 5.76. The average molecular weight is 222 g/mol. The molecule has 16 heavy (non-hydrogen) atoms. The lowest BCUT2D eigenvalue weighted by Crippen LogP contribution is -2.25. The maximum atomic E-state index is 10.8. The van der Waals surface area contributed by atoms with E-state index in [4.69, 9.17) is 9.84 Å². The first-order chi connectivity index (χ1) is 7.77. The molecule has 1 N–H and O–H groups in total. The minimum atomic E-state index is -0.931. The number of para-hydroxylation sites is 1. The normalized spacial score (nSPS) is 14.4. The summed E-state index contributed by atoms with van der Waals surface area (Å²) < 4.78 is 5.56. The molecule has 0 aliphatic heterocycles. The smallest absolute Gasteiger partial charge is 0.339 e. The number of rotatable bonds is 3. The summed E-state index contributed by atoms with van der Waals surface area (Å²) in [5.74, 6) is -0.440. The van der Waals surface area contributed by atoms with Gasteiger partial charge in [0.05, 0.1) is 6.10 Å². The Labute approximate surface area is 96.1 Å². The van der Waals surface area contributed by atoms with Crippen LogP contribution in [0.15, 0.2) is 24.3 Å². The Morgan fingerprint density at radius 3 is 2.44 bits per heavy atom. The van der Waals surface area contributed by atoms with Crippen LogP contribution >= 0.6 is 0 Å². The zero-order valence-electron chi connectivity index (χ0n) is 9.77. The van der Waals surface area contributed by atoms with Gasteiger partial charge in [0.15, 0.2) is 0 Å². The van der Waals surface area contributed by atoms with Gasteiger partial charge in [0, 0.05) is 0 Å². The third kappa shape index (κ3) is 2.99. The van der Waals surface area contributed by atoms with Crippen molar-refractivity contribution in [3.05, 3.63) is 29.8 Å². The predicted molar refractivity (Wildman–Crippen MR) is 63.0 cm³/mol. The van der Waals surface area contributed by atoms with Crippen molar-refractivity contribution in [2.45, 2.75) is 39.2 Å². The number of hydrogen-bond acceptors (Lipinski definition) is 2. The van der Waals surface area contributed by atoms with E-state index < -0.39 is 5.97 Å². The van der Waals surface area contributed by atoms with E-state index in [1.807, 2.05) is 13.8 Å². The van der Waals surface area contributed by atoms with Crippen LogP contribution < -0.4 is 4.74 Å². The number of aromatic carboxylic acids is 1. The summed E-state index contributed by atoms with van der Waals surface area (Å²) in [6.07, 6.45) is 3.47. The molecular formula is C13H18O3. The summed E-state index contributed by atoms with van der Waals surface area (Å²) in [6.45, 7) is 4.00. The van der Waals surface area contributed by atoms with Gasteiger partial charge < -0.3 is 9.84 Å². The fourth-order valence-electron chi connectivity index (χ4n) is 1.41. The first-order valence-corrected chi connectivity index (χ1v) is 5.76. The zero-order valence-corrected chi connectivity index (χ0v) is 9.77. The van der Waals surface area contributed by atoms with Gasteiger partial charge in [0.25, 0.3) is 0 Å². The molecular weight excluding hydrogens is 204 g/mol. The fraction of sp³-hybridized carbons (Fsp3) is 0.462. The monoisotopic (exact) mass is 222 g/mol. The Morgan fingerprint density at radius 2 is 1.94 bits per heavy atom. The van der Waals surface area contributed by atoms with Crippen molar-refractivity contribution in [2.24, 2.45) is 0 Å². The van der Waals surface area contributed by atoms with Crippen LogP contribution in [0.1, 0.15) is 43.5 Å². The Bertz CT molecular complexity index is 343. The van der Waals surface area contributed by atoms with Gasteiger partial charge in [-0.1, -0.05) is 26.0 Å². The van der Waals surface area contributed by atoms with E-state index in [1.165, 1.54) is 6.42 Å². The number of hydrogen-bond donors (Lipinski definition) is 1. The van der Waals surface area contributed by atoms with Gasteiger partial charge >= 0.3 is 5.97 Å². The SMILES string of the molecule is CC.O=C(O)c1ccccc1OC1CCC1. The third-order valence-electron chi connectivity index (χ3n) is 2.46. The molecule has 1 aliphatic rings. The fourth-order valence-corrected chi connectivity index (χ4v) is 1.41. The summed E-state index contributed by atoms with van der Waals surface area (Å²) in [4.78, 5) is 10.8. The van der Waals surface area contributed by atoms with Crippen molar-refractivity contribution in [3.8, 4) is 5.75 Å². The number of carbonyl (C=O) groups is 1. The molecule has 0 unspecified atom stereocenters. The van der Waals surface area contributed by atoms with E-state index in [0.29, 0.717) is 5.75 Å². The Kier molecular flexibility index (Phi) is 4.83. The van der Waals surface area contributed by atoms with E-state index in [2.05, 4.69) is 0 Å². The topological polar surface area (TPSA) is 46.5 Å².